The van der Waals surface area contributed by atoms with Crippen molar-refractivity contribution in [1.82, 2.24) is 20.6 Å². The van der Waals surface area contributed by atoms with Crippen molar-refractivity contribution >= 4 is 11.8 Å². The number of benzene rings is 2. The van der Waals surface area contributed by atoms with Crippen molar-refractivity contribution in [1.29, 1.82) is 5.26 Å². The third kappa shape index (κ3) is 5.08. The number of nitriles is 1. The maximum absolute atomic E-state index is 12.8. The fourth-order valence-corrected chi connectivity index (χ4v) is 3.00. The average molecular weight is 441 g/mol. The summed E-state index contributed by atoms with van der Waals surface area (Å²) in [5.41, 5.74) is 6.51. The van der Waals surface area contributed by atoms with E-state index in [4.69, 9.17) is 14.4 Å². The molecule has 164 valence electrons. The number of amides is 2. The van der Waals surface area contributed by atoms with E-state index < -0.39 is 11.8 Å². The minimum atomic E-state index is -0.562. The second-order valence-corrected chi connectivity index (χ2v) is 7.01. The first kappa shape index (κ1) is 21.4. The molecule has 9 nitrogen and oxygen atoms in total. The molecule has 0 aliphatic carbocycles. The molecule has 2 aromatic carbocycles. The predicted molar refractivity (Wildman–Crippen MR) is 118 cm³/mol. The van der Waals surface area contributed by atoms with E-state index in [0.717, 1.165) is 5.69 Å². The van der Waals surface area contributed by atoms with Gasteiger partial charge in [0.1, 0.15) is 17.2 Å². The number of nitrogens with zero attached hydrogens (tertiary/aromatic N) is 3. The maximum atomic E-state index is 12.8. The number of ether oxygens (including phenoxy) is 1. The smallest absolute Gasteiger partial charge is 0.276 e. The number of hydrogen-bond acceptors (Lipinski definition) is 6. The lowest BCUT2D eigenvalue weighted by molar-refractivity contribution is -0.123. The van der Waals surface area contributed by atoms with Gasteiger partial charge < -0.3 is 9.15 Å². The first-order valence-corrected chi connectivity index (χ1v) is 9.97. The highest BCUT2D eigenvalue weighted by atomic mass is 16.5. The number of hydrogen-bond donors (Lipinski definition) is 2. The summed E-state index contributed by atoms with van der Waals surface area (Å²) in [4.78, 5) is 25.0. The molecule has 0 spiro atoms. The Labute approximate surface area is 189 Å². The molecule has 0 atom stereocenters. The van der Waals surface area contributed by atoms with Crippen molar-refractivity contribution < 1.29 is 18.7 Å². The topological polar surface area (TPSA) is 122 Å². The standard InChI is InChI=1S/C24H19N5O4/c1-16-7-12-21(33-16)23-20(14-29(28-23)18-5-3-2-4-6-18)24(31)27-26-22(30)15-32-19-10-8-17(13-25)9-11-19/h2-12,14H,15H2,1H3,(H,26,30)(H,27,31). The molecule has 9 heteroatoms. The van der Waals surface area contributed by atoms with Crippen LogP contribution in [0.15, 0.2) is 77.3 Å². The molecule has 2 N–H and O–H groups in total. The number of hydrazine groups is 1. The summed E-state index contributed by atoms with van der Waals surface area (Å²) in [6.45, 7) is 1.48. The second-order valence-electron chi connectivity index (χ2n) is 7.01. The quantitative estimate of drug-likeness (QED) is 0.443. The van der Waals surface area contributed by atoms with Crippen LogP contribution in [-0.2, 0) is 4.79 Å². The van der Waals surface area contributed by atoms with Crippen molar-refractivity contribution in [3.8, 4) is 29.0 Å². The number of carbonyl (C=O) groups excluding carboxylic acids is 2. The van der Waals surface area contributed by atoms with E-state index >= 15 is 0 Å². The largest absolute Gasteiger partial charge is 0.484 e. The molecule has 33 heavy (non-hydrogen) atoms. The molecular weight excluding hydrogens is 422 g/mol. The summed E-state index contributed by atoms with van der Waals surface area (Å²) >= 11 is 0. The summed E-state index contributed by atoms with van der Waals surface area (Å²) in [6, 6.07) is 21.2. The van der Waals surface area contributed by atoms with Gasteiger partial charge in [-0.05, 0) is 55.5 Å². The van der Waals surface area contributed by atoms with E-state index in [9.17, 15) is 9.59 Å². The number of furan rings is 1. The van der Waals surface area contributed by atoms with E-state index in [-0.39, 0.29) is 12.2 Å². The van der Waals surface area contributed by atoms with Crippen LogP contribution < -0.4 is 15.6 Å². The summed E-state index contributed by atoms with van der Waals surface area (Å²) in [6.07, 6.45) is 1.57. The van der Waals surface area contributed by atoms with Gasteiger partial charge in [0.25, 0.3) is 11.8 Å². The molecule has 0 saturated heterocycles. The van der Waals surface area contributed by atoms with Crippen molar-refractivity contribution in [2.45, 2.75) is 6.92 Å². The Balaban J connectivity index is 1.45. The van der Waals surface area contributed by atoms with Gasteiger partial charge in [-0.1, -0.05) is 18.2 Å². The lowest BCUT2D eigenvalue weighted by atomic mass is 10.2. The predicted octanol–water partition coefficient (Wildman–Crippen LogP) is 3.15. The van der Waals surface area contributed by atoms with Gasteiger partial charge >= 0.3 is 0 Å². The van der Waals surface area contributed by atoms with E-state index in [1.807, 2.05) is 36.4 Å². The third-order valence-electron chi connectivity index (χ3n) is 4.62. The molecule has 2 heterocycles. The molecular formula is C24H19N5O4. The van der Waals surface area contributed by atoms with Crippen molar-refractivity contribution in [3.63, 3.8) is 0 Å². The van der Waals surface area contributed by atoms with Crippen molar-refractivity contribution in [2.75, 3.05) is 6.61 Å². The van der Waals surface area contributed by atoms with Gasteiger partial charge in [0.15, 0.2) is 12.4 Å². The molecule has 0 fully saturated rings. The highest BCUT2D eigenvalue weighted by Gasteiger charge is 2.21. The van der Waals surface area contributed by atoms with Gasteiger partial charge in [-0.15, -0.1) is 0 Å². The fourth-order valence-electron chi connectivity index (χ4n) is 3.00. The molecule has 4 aromatic rings. The van der Waals surface area contributed by atoms with Crippen LogP contribution in [0.1, 0.15) is 21.7 Å². The van der Waals surface area contributed by atoms with Crippen LogP contribution in [0.3, 0.4) is 0 Å². The Morgan fingerprint density at radius 1 is 1.06 bits per heavy atom. The molecule has 0 saturated carbocycles. The summed E-state index contributed by atoms with van der Waals surface area (Å²) < 4.78 is 12.6. The second kappa shape index (κ2) is 9.53. The third-order valence-corrected chi connectivity index (χ3v) is 4.62. The first-order chi connectivity index (χ1) is 16.0. The monoisotopic (exact) mass is 441 g/mol. The first-order valence-electron chi connectivity index (χ1n) is 9.97. The Bertz CT molecular complexity index is 1320. The molecule has 0 unspecified atom stereocenters. The zero-order valence-electron chi connectivity index (χ0n) is 17.6. The average Bonchev–Trinajstić information content (AvgIpc) is 3.48. The Kier molecular flexibility index (Phi) is 6.18. The molecule has 2 amide bonds. The Hall–Kier alpha value is -4.84. The van der Waals surface area contributed by atoms with Crippen molar-refractivity contribution in [3.05, 3.63) is 89.8 Å². The number of nitrogens with one attached hydrogen (secondary N) is 2. The fraction of sp³-hybridized carbons (Fsp3) is 0.0833. The van der Waals surface area contributed by atoms with Crippen molar-refractivity contribution in [2.24, 2.45) is 0 Å². The number of rotatable bonds is 6. The van der Waals surface area contributed by atoms with Gasteiger partial charge in [0, 0.05) is 6.20 Å². The van der Waals surface area contributed by atoms with E-state index in [1.54, 1.807) is 54.2 Å². The van der Waals surface area contributed by atoms with E-state index in [0.29, 0.717) is 28.5 Å². The van der Waals surface area contributed by atoms with Crippen LogP contribution in [-0.4, -0.2) is 28.2 Å². The van der Waals surface area contributed by atoms with Gasteiger partial charge in [-0.25, -0.2) is 4.68 Å². The Morgan fingerprint density at radius 2 is 1.82 bits per heavy atom. The minimum absolute atomic E-state index is 0.224. The lowest BCUT2D eigenvalue weighted by Crippen LogP contribution is -2.43. The van der Waals surface area contributed by atoms with Crippen LogP contribution in [0.5, 0.6) is 5.75 Å². The van der Waals surface area contributed by atoms with Gasteiger partial charge in [-0.2, -0.15) is 10.4 Å². The van der Waals surface area contributed by atoms with Crippen LogP contribution >= 0.6 is 0 Å². The zero-order valence-corrected chi connectivity index (χ0v) is 17.6. The normalized spacial score (nSPS) is 10.3. The van der Waals surface area contributed by atoms with Crippen LogP contribution in [0.2, 0.25) is 0 Å². The van der Waals surface area contributed by atoms with E-state index in [1.165, 1.54) is 0 Å². The minimum Gasteiger partial charge on any atom is -0.484 e. The summed E-state index contributed by atoms with van der Waals surface area (Å²) in [5, 5.41) is 13.3. The van der Waals surface area contributed by atoms with Gasteiger partial charge in [-0.3, -0.25) is 20.4 Å². The summed E-state index contributed by atoms with van der Waals surface area (Å²) in [5.74, 6) is 0.420. The van der Waals surface area contributed by atoms with Gasteiger partial charge in [0.2, 0.25) is 0 Å². The lowest BCUT2D eigenvalue weighted by Gasteiger charge is -2.08. The van der Waals surface area contributed by atoms with Crippen LogP contribution in [0.25, 0.3) is 17.1 Å². The van der Waals surface area contributed by atoms with Crippen LogP contribution in [0.4, 0.5) is 0 Å². The highest BCUT2D eigenvalue weighted by molar-refractivity contribution is 6.00. The molecule has 0 radical (unpaired) electrons. The SMILES string of the molecule is Cc1ccc(-c2nn(-c3ccccc3)cc2C(=O)NNC(=O)COc2ccc(C#N)cc2)o1. The van der Waals surface area contributed by atoms with E-state index in [2.05, 4.69) is 16.0 Å². The zero-order chi connectivity index (χ0) is 23.2. The molecule has 4 rings (SSSR count). The number of aromatic nitrogens is 2. The molecule has 0 bridgehead atoms. The summed E-state index contributed by atoms with van der Waals surface area (Å²) in [7, 11) is 0. The number of para-hydroxylation sites is 1. The molecule has 2 aromatic heterocycles. The molecule has 0 aliphatic rings. The number of carbonyl (C=O) groups is 2. The van der Waals surface area contributed by atoms with Gasteiger partial charge in [0.05, 0.1) is 22.9 Å². The highest BCUT2D eigenvalue weighted by Crippen LogP contribution is 2.25. The molecule has 0 aliphatic heterocycles. The van der Waals surface area contributed by atoms with Crippen LogP contribution in [0, 0.1) is 18.3 Å². The number of aryl methyl sites for hydroxylation is 1. The Morgan fingerprint density at radius 3 is 2.48 bits per heavy atom. The maximum Gasteiger partial charge on any atom is 0.276 e.